The molecular formula is C17H20N4O. The molecule has 2 aromatic heterocycles. The number of carbonyl (C=O) groups excluding carboxylic acids is 1. The first-order valence-electron chi connectivity index (χ1n) is 7.67. The molecule has 0 spiro atoms. The number of anilines is 1. The number of nitrogens with zero attached hydrogens (tertiary/aromatic N) is 3. The number of aromatic nitrogens is 3. The molecule has 3 rings (SSSR count). The fourth-order valence-corrected chi connectivity index (χ4v) is 2.42. The summed E-state index contributed by atoms with van der Waals surface area (Å²) in [7, 11) is 0. The maximum Gasteiger partial charge on any atom is 0.228 e. The van der Waals surface area contributed by atoms with Crippen molar-refractivity contribution >= 4 is 33.7 Å². The second-order valence-electron chi connectivity index (χ2n) is 5.77. The van der Waals surface area contributed by atoms with E-state index >= 15 is 0 Å². The van der Waals surface area contributed by atoms with Crippen LogP contribution in [0.4, 0.5) is 5.82 Å². The number of fused-ring (bicyclic) bond motifs is 2. The maximum absolute atomic E-state index is 12.0. The van der Waals surface area contributed by atoms with Crippen molar-refractivity contribution in [1.82, 2.24) is 14.8 Å². The van der Waals surface area contributed by atoms with Crippen LogP contribution in [0.2, 0.25) is 0 Å². The van der Waals surface area contributed by atoms with E-state index in [-0.39, 0.29) is 11.8 Å². The van der Waals surface area contributed by atoms with Gasteiger partial charge in [-0.15, -0.1) is 0 Å². The number of aryl methyl sites for hydroxylation is 1. The molecule has 0 unspecified atom stereocenters. The van der Waals surface area contributed by atoms with Gasteiger partial charge < -0.3 is 5.32 Å². The Morgan fingerprint density at radius 2 is 2.09 bits per heavy atom. The summed E-state index contributed by atoms with van der Waals surface area (Å²) in [5, 5.41) is 9.40. The molecule has 1 amide bonds. The Kier molecular flexibility index (Phi) is 3.79. The first-order chi connectivity index (χ1) is 10.6. The highest BCUT2D eigenvalue weighted by Crippen LogP contribution is 2.26. The first-order valence-corrected chi connectivity index (χ1v) is 7.67. The lowest BCUT2D eigenvalue weighted by atomic mass is 10.2. The minimum absolute atomic E-state index is 0.0313. The number of nitrogens with one attached hydrogen (secondary N) is 1. The zero-order valence-electron chi connectivity index (χ0n) is 13.1. The number of carbonyl (C=O) groups is 1. The summed E-state index contributed by atoms with van der Waals surface area (Å²) in [6.07, 6.45) is 0.961. The van der Waals surface area contributed by atoms with Gasteiger partial charge in [0.15, 0.2) is 11.5 Å². The number of hydrogen-bond acceptors (Lipinski definition) is 3. The summed E-state index contributed by atoms with van der Waals surface area (Å²) in [5.41, 5.74) is 1.76. The molecule has 2 heterocycles. The summed E-state index contributed by atoms with van der Waals surface area (Å²) in [6.45, 7) is 6.61. The average molecular weight is 296 g/mol. The van der Waals surface area contributed by atoms with E-state index < -0.39 is 0 Å². The fourth-order valence-electron chi connectivity index (χ4n) is 2.42. The van der Waals surface area contributed by atoms with Crippen LogP contribution >= 0.6 is 0 Å². The van der Waals surface area contributed by atoms with Crippen molar-refractivity contribution in [3.05, 3.63) is 30.3 Å². The summed E-state index contributed by atoms with van der Waals surface area (Å²) >= 11 is 0. The van der Waals surface area contributed by atoms with Crippen LogP contribution in [0, 0.1) is 5.92 Å². The predicted molar refractivity (Wildman–Crippen MR) is 88.8 cm³/mol. The van der Waals surface area contributed by atoms with Gasteiger partial charge in [0.05, 0.1) is 10.9 Å². The lowest BCUT2D eigenvalue weighted by Crippen LogP contribution is -2.18. The van der Waals surface area contributed by atoms with E-state index in [2.05, 4.69) is 17.3 Å². The molecule has 0 aliphatic carbocycles. The lowest BCUT2D eigenvalue weighted by molar-refractivity contribution is -0.118. The zero-order valence-corrected chi connectivity index (χ0v) is 13.1. The monoisotopic (exact) mass is 296 g/mol. The van der Waals surface area contributed by atoms with Gasteiger partial charge in [0.1, 0.15) is 0 Å². The zero-order chi connectivity index (χ0) is 15.7. The smallest absolute Gasteiger partial charge is 0.228 e. The highest BCUT2D eigenvalue weighted by atomic mass is 16.1. The predicted octanol–water partition coefficient (Wildman–Crippen LogP) is 3.59. The molecule has 0 aliphatic rings. The Labute approximate surface area is 129 Å². The third-order valence-corrected chi connectivity index (χ3v) is 3.63. The molecule has 0 aliphatic heterocycles. The summed E-state index contributed by atoms with van der Waals surface area (Å²) in [4.78, 5) is 16.7. The molecule has 1 aromatic carbocycles. The number of pyridine rings is 1. The van der Waals surface area contributed by atoms with E-state index in [9.17, 15) is 4.79 Å². The maximum atomic E-state index is 12.0. The van der Waals surface area contributed by atoms with Gasteiger partial charge in [-0.2, -0.15) is 5.10 Å². The Hall–Kier alpha value is -2.43. The molecule has 5 heteroatoms. The molecule has 5 nitrogen and oxygen atoms in total. The topological polar surface area (TPSA) is 59.8 Å². The van der Waals surface area contributed by atoms with Gasteiger partial charge >= 0.3 is 0 Å². The molecule has 3 aromatic rings. The van der Waals surface area contributed by atoms with Crippen LogP contribution in [0.3, 0.4) is 0 Å². The van der Waals surface area contributed by atoms with Crippen molar-refractivity contribution in [1.29, 1.82) is 0 Å². The van der Waals surface area contributed by atoms with Crippen LogP contribution in [0.15, 0.2) is 30.3 Å². The number of rotatable bonds is 4. The minimum Gasteiger partial charge on any atom is -0.308 e. The van der Waals surface area contributed by atoms with Crippen molar-refractivity contribution in [3.8, 4) is 0 Å². The van der Waals surface area contributed by atoms with E-state index in [1.54, 1.807) is 0 Å². The molecule has 0 radical (unpaired) electrons. The summed E-state index contributed by atoms with van der Waals surface area (Å²) in [5.74, 6) is 0.483. The van der Waals surface area contributed by atoms with Gasteiger partial charge in [-0.1, -0.05) is 39.0 Å². The van der Waals surface area contributed by atoms with E-state index in [0.717, 1.165) is 34.9 Å². The van der Waals surface area contributed by atoms with Gasteiger partial charge in [-0.05, 0) is 18.6 Å². The van der Waals surface area contributed by atoms with Crippen molar-refractivity contribution < 1.29 is 4.79 Å². The number of amides is 1. The summed E-state index contributed by atoms with van der Waals surface area (Å²) < 4.78 is 1.87. The molecule has 0 saturated heterocycles. The first kappa shape index (κ1) is 14.5. The average Bonchev–Trinajstić information content (AvgIpc) is 2.83. The highest BCUT2D eigenvalue weighted by Gasteiger charge is 2.16. The largest absolute Gasteiger partial charge is 0.308 e. The van der Waals surface area contributed by atoms with Crippen LogP contribution < -0.4 is 5.32 Å². The van der Waals surface area contributed by atoms with Gasteiger partial charge in [0, 0.05) is 17.8 Å². The Morgan fingerprint density at radius 3 is 2.82 bits per heavy atom. The van der Waals surface area contributed by atoms with Crippen molar-refractivity contribution in [2.75, 3.05) is 5.32 Å². The standard InChI is InChI=1S/C17H20N4O/c1-4-9-21-16-13(15(20-21)19-17(22)11(2)3)10-12-7-5-6-8-14(12)18-16/h5-8,10-11H,4,9H2,1-3H3,(H,19,20,22). The second kappa shape index (κ2) is 5.75. The Morgan fingerprint density at radius 1 is 1.32 bits per heavy atom. The van der Waals surface area contributed by atoms with E-state index in [4.69, 9.17) is 4.98 Å². The molecule has 0 saturated carbocycles. The molecule has 0 bridgehead atoms. The van der Waals surface area contributed by atoms with Gasteiger partial charge in [-0.3, -0.25) is 4.79 Å². The van der Waals surface area contributed by atoms with Crippen LogP contribution in [0.25, 0.3) is 21.9 Å². The van der Waals surface area contributed by atoms with Crippen LogP contribution in [0.1, 0.15) is 27.2 Å². The van der Waals surface area contributed by atoms with Crippen molar-refractivity contribution in [2.24, 2.45) is 5.92 Å². The van der Waals surface area contributed by atoms with E-state index in [1.807, 2.05) is 48.9 Å². The van der Waals surface area contributed by atoms with E-state index in [1.165, 1.54) is 0 Å². The van der Waals surface area contributed by atoms with Crippen molar-refractivity contribution in [3.63, 3.8) is 0 Å². The fraction of sp³-hybridized carbons (Fsp3) is 0.353. The Balaban J connectivity index is 2.18. The van der Waals surface area contributed by atoms with E-state index in [0.29, 0.717) is 5.82 Å². The van der Waals surface area contributed by atoms with Gasteiger partial charge in [-0.25, -0.2) is 9.67 Å². The lowest BCUT2D eigenvalue weighted by Gasteiger charge is -2.04. The SMILES string of the molecule is CCCn1nc(NC(=O)C(C)C)c2cc3ccccc3nc21. The van der Waals surface area contributed by atoms with Crippen molar-refractivity contribution in [2.45, 2.75) is 33.7 Å². The van der Waals surface area contributed by atoms with Gasteiger partial charge in [0.25, 0.3) is 0 Å². The van der Waals surface area contributed by atoms with Crippen LogP contribution in [-0.4, -0.2) is 20.7 Å². The number of benzene rings is 1. The molecular weight excluding hydrogens is 276 g/mol. The molecule has 22 heavy (non-hydrogen) atoms. The minimum atomic E-state index is -0.0835. The molecule has 0 atom stereocenters. The molecule has 0 fully saturated rings. The quantitative estimate of drug-likeness (QED) is 0.800. The number of para-hydroxylation sites is 1. The van der Waals surface area contributed by atoms with Crippen LogP contribution in [0.5, 0.6) is 0 Å². The molecule has 114 valence electrons. The highest BCUT2D eigenvalue weighted by molar-refractivity contribution is 6.03. The second-order valence-corrected chi connectivity index (χ2v) is 5.77. The van der Waals surface area contributed by atoms with Crippen LogP contribution in [-0.2, 0) is 11.3 Å². The number of hydrogen-bond donors (Lipinski definition) is 1. The normalized spacial score (nSPS) is 11.5. The third kappa shape index (κ3) is 2.54. The molecule has 1 N–H and O–H groups in total. The Bertz CT molecular complexity index is 835. The van der Waals surface area contributed by atoms with Gasteiger partial charge in [0.2, 0.25) is 5.91 Å². The third-order valence-electron chi connectivity index (χ3n) is 3.63. The summed E-state index contributed by atoms with van der Waals surface area (Å²) in [6, 6.07) is 10.0.